The predicted octanol–water partition coefficient (Wildman–Crippen LogP) is 2.69. The van der Waals surface area contributed by atoms with Crippen LogP contribution in [0.25, 0.3) is 0 Å². The van der Waals surface area contributed by atoms with Crippen LogP contribution < -0.4 is 5.32 Å². The molecule has 0 bridgehead atoms. The van der Waals surface area contributed by atoms with Gasteiger partial charge in [-0.25, -0.2) is 4.98 Å². The van der Waals surface area contributed by atoms with Gasteiger partial charge in [0.2, 0.25) is 5.95 Å². The smallest absolute Gasteiger partial charge is 0.305 e. The molecule has 1 atom stereocenters. The van der Waals surface area contributed by atoms with Crippen molar-refractivity contribution in [1.82, 2.24) is 15.2 Å². The van der Waals surface area contributed by atoms with E-state index in [4.69, 9.17) is 5.11 Å². The van der Waals surface area contributed by atoms with E-state index < -0.39 is 5.97 Å². The zero-order valence-corrected chi connectivity index (χ0v) is 13.6. The number of rotatable bonds is 7. The van der Waals surface area contributed by atoms with E-state index in [9.17, 15) is 4.79 Å². The molecule has 1 rings (SSSR count). The molecule has 1 aromatic heterocycles. The van der Waals surface area contributed by atoms with Crippen molar-refractivity contribution in [2.75, 3.05) is 5.32 Å². The molecule has 2 N–H and O–H groups in total. The number of hydrogen-bond acceptors (Lipinski definition) is 5. The van der Waals surface area contributed by atoms with Crippen LogP contribution in [-0.4, -0.2) is 32.3 Å². The van der Waals surface area contributed by atoms with Gasteiger partial charge < -0.3 is 10.4 Å². The van der Waals surface area contributed by atoms with Crippen LogP contribution in [0.4, 0.5) is 5.95 Å². The van der Waals surface area contributed by atoms with Gasteiger partial charge in [-0.05, 0) is 24.7 Å². The van der Waals surface area contributed by atoms with Gasteiger partial charge in [0.1, 0.15) is 0 Å². The third-order valence-electron chi connectivity index (χ3n) is 3.12. The summed E-state index contributed by atoms with van der Waals surface area (Å²) in [5.41, 5.74) is 1.84. The number of nitrogens with one attached hydrogen (secondary N) is 1. The second-order valence-electron chi connectivity index (χ2n) is 6.44. The molecule has 0 amide bonds. The Hall–Kier alpha value is -1.72. The third kappa shape index (κ3) is 6.06. The normalized spacial score (nSPS) is 13.0. The summed E-state index contributed by atoms with van der Waals surface area (Å²) in [7, 11) is 0. The Morgan fingerprint density at radius 3 is 2.29 bits per heavy atom. The minimum Gasteiger partial charge on any atom is -0.481 e. The molecule has 1 heterocycles. The lowest BCUT2D eigenvalue weighted by atomic mass is 9.87. The van der Waals surface area contributed by atoms with Crippen LogP contribution in [0, 0.1) is 5.41 Å². The molecular formula is C15H26N4O2. The topological polar surface area (TPSA) is 88.0 Å². The van der Waals surface area contributed by atoms with Gasteiger partial charge in [0.15, 0.2) is 0 Å². The molecule has 0 saturated heterocycles. The highest BCUT2D eigenvalue weighted by atomic mass is 16.4. The first-order valence-electron chi connectivity index (χ1n) is 7.46. The average molecular weight is 294 g/mol. The highest BCUT2D eigenvalue weighted by Crippen LogP contribution is 2.24. The summed E-state index contributed by atoms with van der Waals surface area (Å²) in [4.78, 5) is 15.5. The number of carboxylic acid groups (broad SMARTS) is 1. The van der Waals surface area contributed by atoms with Crippen LogP contribution in [0.1, 0.15) is 58.8 Å². The number of carboxylic acids is 1. The van der Waals surface area contributed by atoms with Gasteiger partial charge in [0.05, 0.1) is 17.8 Å². The van der Waals surface area contributed by atoms with E-state index in [0.29, 0.717) is 5.95 Å². The molecule has 1 unspecified atom stereocenters. The van der Waals surface area contributed by atoms with Gasteiger partial charge in [0.25, 0.3) is 0 Å². The summed E-state index contributed by atoms with van der Waals surface area (Å²) in [5, 5.41) is 20.4. The Labute approximate surface area is 126 Å². The maximum absolute atomic E-state index is 11.0. The first-order valence-corrected chi connectivity index (χ1v) is 7.46. The van der Waals surface area contributed by atoms with Gasteiger partial charge in [-0.1, -0.05) is 34.6 Å². The van der Waals surface area contributed by atoms with Crippen LogP contribution >= 0.6 is 0 Å². The molecule has 1 aromatic rings. The Bertz CT molecular complexity index is 483. The number of aryl methyl sites for hydroxylation is 2. The standard InChI is InChI=1S/C15H26N4O2/c1-6-11-12(7-2)18-19-14(17-11)16-10(8-13(20)21)9-15(3,4)5/h10H,6-9H2,1-5H3,(H,20,21)(H,16,17,19). The van der Waals surface area contributed by atoms with E-state index in [1.807, 2.05) is 13.8 Å². The third-order valence-corrected chi connectivity index (χ3v) is 3.12. The summed E-state index contributed by atoms with van der Waals surface area (Å²) >= 11 is 0. The van der Waals surface area contributed by atoms with Crippen molar-refractivity contribution in [3.63, 3.8) is 0 Å². The molecule has 0 fully saturated rings. The number of aliphatic carboxylic acids is 1. The minimum absolute atomic E-state index is 0.0253. The van der Waals surface area contributed by atoms with Crippen LogP contribution in [0.5, 0.6) is 0 Å². The Balaban J connectivity index is 2.89. The highest BCUT2D eigenvalue weighted by molar-refractivity contribution is 5.68. The SMILES string of the molecule is CCc1nnc(NC(CC(=O)O)CC(C)(C)C)nc1CC. The molecule has 0 aliphatic carbocycles. The molecule has 0 aliphatic heterocycles. The molecule has 21 heavy (non-hydrogen) atoms. The number of nitrogens with zero attached hydrogens (tertiary/aromatic N) is 3. The Morgan fingerprint density at radius 1 is 1.19 bits per heavy atom. The van der Waals surface area contributed by atoms with Gasteiger partial charge in [-0.3, -0.25) is 4.79 Å². The maximum atomic E-state index is 11.0. The van der Waals surface area contributed by atoms with E-state index in [0.717, 1.165) is 30.7 Å². The monoisotopic (exact) mass is 294 g/mol. The van der Waals surface area contributed by atoms with Gasteiger partial charge in [-0.2, -0.15) is 5.10 Å². The van der Waals surface area contributed by atoms with Gasteiger partial charge in [-0.15, -0.1) is 5.10 Å². The van der Waals surface area contributed by atoms with Gasteiger partial charge >= 0.3 is 5.97 Å². The summed E-state index contributed by atoms with van der Waals surface area (Å²) in [6.07, 6.45) is 2.34. The molecule has 6 heteroatoms. The van der Waals surface area contributed by atoms with Crippen molar-refractivity contribution in [1.29, 1.82) is 0 Å². The first kappa shape index (κ1) is 17.3. The molecule has 0 saturated carbocycles. The molecule has 0 aromatic carbocycles. The number of carbonyl (C=O) groups is 1. The van der Waals surface area contributed by atoms with Crippen molar-refractivity contribution >= 4 is 11.9 Å². The van der Waals surface area contributed by atoms with Crippen molar-refractivity contribution in [3.05, 3.63) is 11.4 Å². The van der Waals surface area contributed by atoms with Crippen molar-refractivity contribution in [2.24, 2.45) is 5.41 Å². The predicted molar refractivity (Wildman–Crippen MR) is 82.3 cm³/mol. The molecular weight excluding hydrogens is 268 g/mol. The fourth-order valence-electron chi connectivity index (χ4n) is 2.31. The molecule has 0 radical (unpaired) electrons. The second kappa shape index (κ2) is 7.33. The van der Waals surface area contributed by atoms with E-state index in [1.54, 1.807) is 0 Å². The summed E-state index contributed by atoms with van der Waals surface area (Å²) in [5.74, 6) is -0.412. The lowest BCUT2D eigenvalue weighted by Crippen LogP contribution is -2.29. The zero-order valence-electron chi connectivity index (χ0n) is 13.6. The van der Waals surface area contributed by atoms with Crippen LogP contribution in [0.3, 0.4) is 0 Å². The first-order chi connectivity index (χ1) is 9.75. The van der Waals surface area contributed by atoms with E-state index >= 15 is 0 Å². The number of anilines is 1. The van der Waals surface area contributed by atoms with Crippen LogP contribution in [0.15, 0.2) is 0 Å². The fraction of sp³-hybridized carbons (Fsp3) is 0.733. The fourth-order valence-corrected chi connectivity index (χ4v) is 2.31. The number of hydrogen-bond donors (Lipinski definition) is 2. The Kier molecular flexibility index (Phi) is 6.05. The Morgan fingerprint density at radius 2 is 1.81 bits per heavy atom. The summed E-state index contributed by atoms with van der Waals surface area (Å²) in [6.45, 7) is 10.3. The molecule has 118 valence electrons. The maximum Gasteiger partial charge on any atom is 0.305 e. The second-order valence-corrected chi connectivity index (χ2v) is 6.44. The van der Waals surface area contributed by atoms with E-state index in [2.05, 4.69) is 41.3 Å². The summed E-state index contributed by atoms with van der Waals surface area (Å²) in [6, 6.07) is -0.207. The molecule has 0 spiro atoms. The summed E-state index contributed by atoms with van der Waals surface area (Å²) < 4.78 is 0. The van der Waals surface area contributed by atoms with Gasteiger partial charge in [0, 0.05) is 6.04 Å². The molecule has 0 aliphatic rings. The zero-order chi connectivity index (χ0) is 16.0. The minimum atomic E-state index is -0.828. The largest absolute Gasteiger partial charge is 0.481 e. The van der Waals surface area contributed by atoms with E-state index in [-0.39, 0.29) is 17.9 Å². The van der Waals surface area contributed by atoms with E-state index in [1.165, 1.54) is 0 Å². The van der Waals surface area contributed by atoms with Crippen LogP contribution in [-0.2, 0) is 17.6 Å². The van der Waals surface area contributed by atoms with Crippen molar-refractivity contribution < 1.29 is 9.90 Å². The quantitative estimate of drug-likeness (QED) is 0.804. The highest BCUT2D eigenvalue weighted by Gasteiger charge is 2.22. The lowest BCUT2D eigenvalue weighted by Gasteiger charge is -2.25. The lowest BCUT2D eigenvalue weighted by molar-refractivity contribution is -0.137. The number of aromatic nitrogens is 3. The van der Waals surface area contributed by atoms with Crippen molar-refractivity contribution in [2.45, 2.75) is 66.3 Å². The average Bonchev–Trinajstić information content (AvgIpc) is 2.35. The van der Waals surface area contributed by atoms with Crippen LogP contribution in [0.2, 0.25) is 0 Å². The van der Waals surface area contributed by atoms with Crippen molar-refractivity contribution in [3.8, 4) is 0 Å². The molecule has 6 nitrogen and oxygen atoms in total.